The van der Waals surface area contributed by atoms with E-state index in [2.05, 4.69) is 5.32 Å². The van der Waals surface area contributed by atoms with E-state index in [1.807, 2.05) is 6.92 Å². The molecule has 2 heteroatoms. The van der Waals surface area contributed by atoms with E-state index < -0.39 is 0 Å². The van der Waals surface area contributed by atoms with Gasteiger partial charge in [0.25, 0.3) is 0 Å². The number of nitrogens with one attached hydrogen (secondary N) is 1. The van der Waals surface area contributed by atoms with Gasteiger partial charge in [0.05, 0.1) is 6.61 Å². The van der Waals surface area contributed by atoms with Crippen LogP contribution in [0.1, 0.15) is 21.2 Å². The van der Waals surface area contributed by atoms with Crippen molar-refractivity contribution >= 4 is 0 Å². The summed E-state index contributed by atoms with van der Waals surface area (Å²) in [4.78, 5) is 0. The molecule has 1 aliphatic rings. The molecular formula is C7H17NO. The zero-order chi connectivity index (χ0) is 6.53. The lowest BCUT2D eigenvalue weighted by Crippen LogP contribution is -2.26. The molecule has 9 heavy (non-hydrogen) atoms. The summed E-state index contributed by atoms with van der Waals surface area (Å²) in [6, 6.07) is 0.643. The van der Waals surface area contributed by atoms with Gasteiger partial charge in [-0.3, -0.25) is 0 Å². The molecule has 56 valence electrons. The van der Waals surface area contributed by atoms with Crippen LogP contribution in [0.2, 0.25) is 0 Å². The Bertz CT molecular complexity index is 74.0. The third-order valence-electron chi connectivity index (χ3n) is 1.69. The van der Waals surface area contributed by atoms with E-state index in [9.17, 15) is 0 Å². The van der Waals surface area contributed by atoms with E-state index in [1.54, 1.807) is 0 Å². The second-order valence-electron chi connectivity index (χ2n) is 2.45. The Morgan fingerprint density at radius 1 is 1.78 bits per heavy atom. The van der Waals surface area contributed by atoms with Crippen LogP contribution in [0.3, 0.4) is 0 Å². The molecule has 1 saturated heterocycles. The fourth-order valence-electron chi connectivity index (χ4n) is 1.16. The van der Waals surface area contributed by atoms with Gasteiger partial charge in [-0.15, -0.1) is 0 Å². The van der Waals surface area contributed by atoms with E-state index in [0.29, 0.717) is 6.04 Å². The molecule has 0 aliphatic carbocycles. The van der Waals surface area contributed by atoms with Crippen LogP contribution in [-0.2, 0) is 4.74 Å². The van der Waals surface area contributed by atoms with Gasteiger partial charge in [-0.1, -0.05) is 0 Å². The van der Waals surface area contributed by atoms with Gasteiger partial charge in [0.2, 0.25) is 0 Å². The number of ether oxygens (including phenoxy) is 1. The summed E-state index contributed by atoms with van der Waals surface area (Å²) in [5.41, 5.74) is 0. The van der Waals surface area contributed by atoms with Crippen molar-refractivity contribution in [2.75, 3.05) is 19.8 Å². The Balaban J connectivity index is 0.000000810. The summed E-state index contributed by atoms with van der Waals surface area (Å²) >= 11 is 0. The Kier molecular flexibility index (Phi) is 3.01. The second-order valence-corrected chi connectivity index (χ2v) is 2.45. The minimum atomic E-state index is 0. The normalized spacial score (nSPS) is 27.0. The van der Waals surface area contributed by atoms with Crippen molar-refractivity contribution in [3.8, 4) is 0 Å². The lowest BCUT2D eigenvalue weighted by atomic mass is 10.2. The molecule has 1 N–H and O–H groups in total. The summed E-state index contributed by atoms with van der Waals surface area (Å²) < 4.78 is 5.25. The van der Waals surface area contributed by atoms with Gasteiger partial charge in [-0.2, -0.15) is 0 Å². The van der Waals surface area contributed by atoms with Crippen molar-refractivity contribution in [1.82, 2.24) is 5.32 Å². The van der Waals surface area contributed by atoms with E-state index >= 15 is 0 Å². The molecule has 2 nitrogen and oxygen atoms in total. The van der Waals surface area contributed by atoms with E-state index in [0.717, 1.165) is 13.2 Å². The highest BCUT2D eigenvalue weighted by molar-refractivity contribution is 4.72. The smallest absolute Gasteiger partial charge is 0.0619 e. The maximum absolute atomic E-state index is 5.25. The summed E-state index contributed by atoms with van der Waals surface area (Å²) in [5, 5.41) is 3.37. The minimum Gasteiger partial charge on any atom is -0.380 e. The zero-order valence-electron chi connectivity index (χ0n) is 6.02. The predicted molar refractivity (Wildman–Crippen MR) is 39.6 cm³/mol. The monoisotopic (exact) mass is 131 g/mol. The summed E-state index contributed by atoms with van der Waals surface area (Å²) in [7, 11) is 0. The first-order valence-electron chi connectivity index (χ1n) is 3.74. The topological polar surface area (TPSA) is 21.3 Å². The fourth-order valence-corrected chi connectivity index (χ4v) is 1.16. The molecule has 1 rings (SSSR count). The van der Waals surface area contributed by atoms with E-state index in [1.165, 1.54) is 19.4 Å². The molecule has 1 atom stereocenters. The largest absolute Gasteiger partial charge is 0.380 e. The minimum absolute atomic E-state index is 0. The predicted octanol–water partition coefficient (Wildman–Crippen LogP) is 1.02. The molecule has 0 saturated carbocycles. The van der Waals surface area contributed by atoms with Crippen molar-refractivity contribution in [2.24, 2.45) is 0 Å². The standard InChI is InChI=1S/C7H15NO.H2/c1-2-9-6-7-4-3-5-8-7;/h7-8H,2-6H2,1H3;1H/t7-;/m1./s1. The molecule has 0 radical (unpaired) electrons. The molecule has 0 bridgehead atoms. The first kappa shape index (κ1) is 7.03. The number of rotatable bonds is 3. The average Bonchev–Trinajstić information content (AvgIpc) is 2.34. The van der Waals surface area contributed by atoms with Crippen molar-refractivity contribution in [2.45, 2.75) is 25.8 Å². The maximum atomic E-state index is 5.25. The highest BCUT2D eigenvalue weighted by Gasteiger charge is 2.12. The highest BCUT2D eigenvalue weighted by Crippen LogP contribution is 2.04. The van der Waals surface area contributed by atoms with E-state index in [-0.39, 0.29) is 1.43 Å². The first-order valence-corrected chi connectivity index (χ1v) is 3.74. The molecule has 1 aliphatic heterocycles. The zero-order valence-corrected chi connectivity index (χ0v) is 6.02. The molecule has 0 spiro atoms. The van der Waals surface area contributed by atoms with Crippen LogP contribution in [0.25, 0.3) is 0 Å². The highest BCUT2D eigenvalue weighted by atomic mass is 16.5. The molecular weight excluding hydrogens is 114 g/mol. The summed E-state index contributed by atoms with van der Waals surface area (Å²) in [5.74, 6) is 0. The Morgan fingerprint density at radius 2 is 2.67 bits per heavy atom. The van der Waals surface area contributed by atoms with Crippen LogP contribution < -0.4 is 5.32 Å². The number of hydrogen-bond acceptors (Lipinski definition) is 2. The average molecular weight is 131 g/mol. The van der Waals surface area contributed by atoms with Crippen LogP contribution in [0.4, 0.5) is 0 Å². The van der Waals surface area contributed by atoms with Crippen LogP contribution >= 0.6 is 0 Å². The van der Waals surface area contributed by atoms with Crippen LogP contribution in [-0.4, -0.2) is 25.8 Å². The van der Waals surface area contributed by atoms with Crippen molar-refractivity contribution in [1.29, 1.82) is 0 Å². The fraction of sp³-hybridized carbons (Fsp3) is 1.00. The van der Waals surface area contributed by atoms with Gasteiger partial charge in [0.1, 0.15) is 0 Å². The molecule has 0 unspecified atom stereocenters. The van der Waals surface area contributed by atoms with Gasteiger partial charge >= 0.3 is 0 Å². The molecule has 0 aromatic rings. The van der Waals surface area contributed by atoms with Gasteiger partial charge in [-0.25, -0.2) is 0 Å². The summed E-state index contributed by atoms with van der Waals surface area (Å²) in [6.45, 7) is 4.96. The quantitative estimate of drug-likeness (QED) is 0.617. The Labute approximate surface area is 58.1 Å². The third-order valence-corrected chi connectivity index (χ3v) is 1.69. The third kappa shape index (κ3) is 2.33. The summed E-state index contributed by atoms with van der Waals surface area (Å²) in [6.07, 6.45) is 2.61. The molecule has 0 aromatic carbocycles. The van der Waals surface area contributed by atoms with Crippen molar-refractivity contribution in [3.05, 3.63) is 0 Å². The van der Waals surface area contributed by atoms with Gasteiger partial charge in [-0.05, 0) is 26.3 Å². The van der Waals surface area contributed by atoms with Crippen molar-refractivity contribution < 1.29 is 6.16 Å². The SMILES string of the molecule is CCOC[C@H]1CCCN1.[HH]. The van der Waals surface area contributed by atoms with Crippen LogP contribution in [0, 0.1) is 0 Å². The maximum Gasteiger partial charge on any atom is 0.0619 e. The number of hydrogen-bond donors (Lipinski definition) is 1. The first-order chi connectivity index (χ1) is 4.43. The lowest BCUT2D eigenvalue weighted by molar-refractivity contribution is 0.128. The van der Waals surface area contributed by atoms with Crippen LogP contribution in [0.5, 0.6) is 0 Å². The molecule has 1 fully saturated rings. The van der Waals surface area contributed by atoms with Crippen molar-refractivity contribution in [3.63, 3.8) is 0 Å². The Hall–Kier alpha value is -0.0800. The van der Waals surface area contributed by atoms with E-state index in [4.69, 9.17) is 4.74 Å². The molecule has 0 aromatic heterocycles. The Morgan fingerprint density at radius 3 is 3.22 bits per heavy atom. The molecule has 0 amide bonds. The van der Waals surface area contributed by atoms with Gasteiger partial charge in [0, 0.05) is 14.1 Å². The van der Waals surface area contributed by atoms with Gasteiger partial charge < -0.3 is 10.1 Å². The second kappa shape index (κ2) is 3.85. The van der Waals surface area contributed by atoms with Gasteiger partial charge in [0.15, 0.2) is 0 Å². The lowest BCUT2D eigenvalue weighted by Gasteiger charge is -2.08. The van der Waals surface area contributed by atoms with Crippen LogP contribution in [0.15, 0.2) is 0 Å². The molecule has 1 heterocycles.